The molecular weight excluding hydrogens is 381 g/mol. The van der Waals surface area contributed by atoms with Gasteiger partial charge in [0.05, 0.1) is 6.04 Å². The topological polar surface area (TPSA) is 105 Å². The van der Waals surface area contributed by atoms with E-state index >= 15 is 0 Å². The molecule has 156 valence electrons. The highest BCUT2D eigenvalue weighted by atomic mass is 19.1. The second-order valence-corrected chi connectivity index (χ2v) is 7.52. The molecule has 29 heavy (non-hydrogen) atoms. The maximum atomic E-state index is 13.0. The highest BCUT2D eigenvalue weighted by molar-refractivity contribution is 6.08. The summed E-state index contributed by atoms with van der Waals surface area (Å²) in [4.78, 5) is 50.0. The Labute approximate surface area is 167 Å². The zero-order chi connectivity index (χ0) is 21.2. The molecule has 1 saturated carbocycles. The lowest BCUT2D eigenvalue weighted by Gasteiger charge is -2.21. The van der Waals surface area contributed by atoms with Crippen LogP contribution in [0, 0.1) is 5.82 Å². The third-order valence-electron chi connectivity index (χ3n) is 5.40. The van der Waals surface area contributed by atoms with Gasteiger partial charge in [0.25, 0.3) is 11.8 Å². The summed E-state index contributed by atoms with van der Waals surface area (Å²) in [6.07, 6.45) is 1.68. The van der Waals surface area contributed by atoms with Crippen molar-refractivity contribution >= 4 is 23.8 Å². The Bertz CT molecular complexity index is 820. The van der Waals surface area contributed by atoms with Gasteiger partial charge in [-0.1, -0.05) is 25.0 Å². The molecule has 0 bridgehead atoms. The summed E-state index contributed by atoms with van der Waals surface area (Å²) in [5, 5.41) is 5.36. The largest absolute Gasteiger partial charge is 0.451 e. The lowest BCUT2D eigenvalue weighted by molar-refractivity contribution is -0.156. The fourth-order valence-corrected chi connectivity index (χ4v) is 3.72. The van der Waals surface area contributed by atoms with Crippen LogP contribution in [0.2, 0.25) is 0 Å². The van der Waals surface area contributed by atoms with Crippen LogP contribution in [0.1, 0.15) is 51.1 Å². The fourth-order valence-electron chi connectivity index (χ4n) is 3.72. The average molecular weight is 405 g/mol. The van der Waals surface area contributed by atoms with E-state index in [1.165, 1.54) is 19.1 Å². The van der Waals surface area contributed by atoms with Gasteiger partial charge in [0, 0.05) is 0 Å². The van der Waals surface area contributed by atoms with Gasteiger partial charge >= 0.3 is 12.0 Å². The van der Waals surface area contributed by atoms with Crippen molar-refractivity contribution in [2.45, 2.75) is 57.2 Å². The number of nitrogens with zero attached hydrogens (tertiary/aromatic N) is 1. The molecular formula is C20H24FN3O5. The summed E-state index contributed by atoms with van der Waals surface area (Å²) in [6, 6.07) is 4.64. The van der Waals surface area contributed by atoms with Crippen LogP contribution in [0.15, 0.2) is 24.3 Å². The highest BCUT2D eigenvalue weighted by Crippen LogP contribution is 2.34. The zero-order valence-electron chi connectivity index (χ0n) is 16.4. The summed E-state index contributed by atoms with van der Waals surface area (Å²) in [7, 11) is 0. The van der Waals surface area contributed by atoms with Crippen LogP contribution in [0.5, 0.6) is 0 Å². The minimum Gasteiger partial charge on any atom is -0.451 e. The first-order valence-corrected chi connectivity index (χ1v) is 9.61. The van der Waals surface area contributed by atoms with E-state index in [9.17, 15) is 23.6 Å². The number of carbonyl (C=O) groups excluding carboxylic acids is 4. The van der Waals surface area contributed by atoms with Crippen LogP contribution in [0.25, 0.3) is 0 Å². The zero-order valence-corrected chi connectivity index (χ0v) is 16.4. The van der Waals surface area contributed by atoms with Crippen molar-refractivity contribution in [2.75, 3.05) is 6.54 Å². The lowest BCUT2D eigenvalue weighted by atomic mass is 9.98. The number of esters is 1. The molecule has 1 saturated heterocycles. The number of amides is 4. The second kappa shape index (κ2) is 8.18. The van der Waals surface area contributed by atoms with Crippen LogP contribution < -0.4 is 10.6 Å². The number of rotatable bonds is 6. The Kier molecular flexibility index (Phi) is 5.86. The van der Waals surface area contributed by atoms with Crippen molar-refractivity contribution in [2.24, 2.45) is 0 Å². The van der Waals surface area contributed by atoms with E-state index < -0.39 is 48.0 Å². The predicted octanol–water partition coefficient (Wildman–Crippen LogP) is 1.80. The molecule has 3 rings (SSSR count). The van der Waals surface area contributed by atoms with Gasteiger partial charge in [-0.05, 0) is 44.4 Å². The molecule has 1 aromatic carbocycles. The first-order valence-electron chi connectivity index (χ1n) is 9.61. The molecule has 4 amide bonds. The normalized spacial score (nSPS) is 19.8. The average Bonchev–Trinajstić information content (AvgIpc) is 3.23. The minimum absolute atomic E-state index is 0.380. The number of imide groups is 1. The number of urea groups is 1. The Balaban J connectivity index is 1.52. The van der Waals surface area contributed by atoms with Crippen LogP contribution in [0.4, 0.5) is 9.18 Å². The molecule has 0 aromatic heterocycles. The monoisotopic (exact) mass is 405 g/mol. The van der Waals surface area contributed by atoms with Gasteiger partial charge in [-0.15, -0.1) is 0 Å². The van der Waals surface area contributed by atoms with E-state index in [1.54, 1.807) is 19.1 Å². The molecule has 1 aromatic rings. The summed E-state index contributed by atoms with van der Waals surface area (Å²) in [6.45, 7) is 2.57. The quantitative estimate of drug-likeness (QED) is 0.555. The maximum Gasteiger partial charge on any atom is 0.327 e. The molecule has 2 N–H and O–H groups in total. The SMILES string of the molecule is C[C@H](OC(=O)CN1C(=O)NC2(CCCC2)C1=O)C(=O)N[C@@H](C)c1ccc(F)cc1. The molecule has 0 radical (unpaired) electrons. The molecule has 1 aliphatic heterocycles. The predicted molar refractivity (Wildman–Crippen MR) is 100.0 cm³/mol. The van der Waals surface area contributed by atoms with Gasteiger partial charge < -0.3 is 15.4 Å². The van der Waals surface area contributed by atoms with Crippen molar-refractivity contribution in [3.8, 4) is 0 Å². The third-order valence-corrected chi connectivity index (χ3v) is 5.40. The fraction of sp³-hybridized carbons (Fsp3) is 0.500. The van der Waals surface area contributed by atoms with E-state index in [1.807, 2.05) is 0 Å². The summed E-state index contributed by atoms with van der Waals surface area (Å²) in [5.41, 5.74) is -0.204. The number of benzene rings is 1. The molecule has 1 spiro atoms. The number of halogens is 1. The third kappa shape index (κ3) is 4.38. The Hall–Kier alpha value is -2.97. The van der Waals surface area contributed by atoms with Crippen molar-refractivity contribution in [3.05, 3.63) is 35.6 Å². The molecule has 2 fully saturated rings. The van der Waals surface area contributed by atoms with Crippen molar-refractivity contribution in [1.82, 2.24) is 15.5 Å². The van der Waals surface area contributed by atoms with Crippen molar-refractivity contribution in [1.29, 1.82) is 0 Å². The Morgan fingerprint density at radius 2 is 1.83 bits per heavy atom. The number of carbonyl (C=O) groups is 4. The maximum absolute atomic E-state index is 13.0. The molecule has 2 atom stereocenters. The summed E-state index contributed by atoms with van der Waals surface area (Å²) < 4.78 is 18.1. The van der Waals surface area contributed by atoms with E-state index in [0.717, 1.165) is 17.7 Å². The van der Waals surface area contributed by atoms with E-state index in [0.29, 0.717) is 18.4 Å². The smallest absolute Gasteiger partial charge is 0.327 e. The van der Waals surface area contributed by atoms with Gasteiger partial charge in [0.2, 0.25) is 0 Å². The van der Waals surface area contributed by atoms with E-state index in [4.69, 9.17) is 4.74 Å². The highest BCUT2D eigenvalue weighted by Gasteiger charge is 2.52. The van der Waals surface area contributed by atoms with E-state index in [2.05, 4.69) is 10.6 Å². The van der Waals surface area contributed by atoms with Crippen LogP contribution >= 0.6 is 0 Å². The number of hydrogen-bond donors (Lipinski definition) is 2. The lowest BCUT2D eigenvalue weighted by Crippen LogP contribution is -2.45. The number of hydrogen-bond acceptors (Lipinski definition) is 5. The molecule has 9 heteroatoms. The van der Waals surface area contributed by atoms with Crippen molar-refractivity contribution in [3.63, 3.8) is 0 Å². The first kappa shape index (κ1) is 20.8. The summed E-state index contributed by atoms with van der Waals surface area (Å²) >= 11 is 0. The van der Waals surface area contributed by atoms with Gasteiger partial charge in [0.15, 0.2) is 6.10 Å². The second-order valence-electron chi connectivity index (χ2n) is 7.52. The van der Waals surface area contributed by atoms with Gasteiger partial charge in [-0.3, -0.25) is 19.3 Å². The minimum atomic E-state index is -1.12. The standard InChI is InChI=1S/C20H24FN3O5/c1-12(14-5-7-15(21)8-6-14)22-17(26)13(2)29-16(25)11-24-18(27)20(23-19(24)28)9-3-4-10-20/h5-8,12-13H,3-4,9-11H2,1-2H3,(H,22,26)(H,23,28)/t12-,13-/m0/s1. The Morgan fingerprint density at radius 1 is 1.21 bits per heavy atom. The summed E-state index contributed by atoms with van der Waals surface area (Å²) in [5.74, 6) is -2.19. The van der Waals surface area contributed by atoms with Crippen LogP contribution in [-0.2, 0) is 19.1 Å². The Morgan fingerprint density at radius 3 is 2.45 bits per heavy atom. The van der Waals surface area contributed by atoms with E-state index in [-0.39, 0.29) is 5.82 Å². The molecule has 2 aliphatic rings. The van der Waals surface area contributed by atoms with Gasteiger partial charge in [-0.2, -0.15) is 0 Å². The number of ether oxygens (including phenoxy) is 1. The molecule has 1 aliphatic carbocycles. The molecule has 0 unspecified atom stereocenters. The first-order chi connectivity index (χ1) is 13.7. The van der Waals surface area contributed by atoms with Gasteiger partial charge in [-0.25, -0.2) is 9.18 Å². The van der Waals surface area contributed by atoms with Crippen molar-refractivity contribution < 1.29 is 28.3 Å². The van der Waals surface area contributed by atoms with Gasteiger partial charge in [0.1, 0.15) is 17.9 Å². The molecule has 8 nitrogen and oxygen atoms in total. The van der Waals surface area contributed by atoms with Crippen LogP contribution in [0.3, 0.4) is 0 Å². The molecule has 1 heterocycles. The van der Waals surface area contributed by atoms with Crippen LogP contribution in [-0.4, -0.2) is 46.9 Å². The number of nitrogens with one attached hydrogen (secondary N) is 2.